The molecule has 3 N–H and O–H groups in total. The van der Waals surface area contributed by atoms with Crippen molar-refractivity contribution in [2.75, 3.05) is 5.73 Å². The van der Waals surface area contributed by atoms with E-state index in [4.69, 9.17) is 16.1 Å². The monoisotopic (exact) mass is 243 g/mol. The molecule has 0 aromatic carbocycles. The van der Waals surface area contributed by atoms with Crippen molar-refractivity contribution in [2.45, 2.75) is 6.92 Å². The van der Waals surface area contributed by atoms with E-state index < -0.39 is 5.97 Å². The van der Waals surface area contributed by atoms with Crippen molar-refractivity contribution in [3.05, 3.63) is 35.3 Å². The highest BCUT2D eigenvalue weighted by molar-refractivity contribution is 5.91. The standard InChI is InChI=1S/C11H9N5O2/c1-6-2-7(4-12)3-9(14-6)16-5-8(13)10(15-16)11(17)18/h2-3,5H,13H2,1H3,(H,17,18). The van der Waals surface area contributed by atoms with Crippen molar-refractivity contribution in [1.29, 1.82) is 5.26 Å². The SMILES string of the molecule is Cc1cc(C#N)cc(-n2cc(N)c(C(=O)O)n2)n1. The van der Waals surface area contributed by atoms with E-state index in [2.05, 4.69) is 10.1 Å². The van der Waals surface area contributed by atoms with Crippen LogP contribution in [0.5, 0.6) is 0 Å². The molecule has 0 aliphatic heterocycles. The molecule has 0 unspecified atom stereocenters. The topological polar surface area (TPSA) is 118 Å². The van der Waals surface area contributed by atoms with Gasteiger partial charge in [0, 0.05) is 11.8 Å². The number of nitrogen functional groups attached to an aromatic ring is 1. The number of nitriles is 1. The predicted octanol–water partition coefficient (Wildman–Crippen LogP) is 0.728. The van der Waals surface area contributed by atoms with Gasteiger partial charge in [0.15, 0.2) is 11.5 Å². The van der Waals surface area contributed by atoms with Gasteiger partial charge < -0.3 is 10.8 Å². The molecule has 0 fully saturated rings. The Kier molecular flexibility index (Phi) is 2.69. The van der Waals surface area contributed by atoms with E-state index in [9.17, 15) is 4.79 Å². The van der Waals surface area contributed by atoms with Crippen molar-refractivity contribution in [3.63, 3.8) is 0 Å². The van der Waals surface area contributed by atoms with Crippen molar-refractivity contribution < 1.29 is 9.90 Å². The predicted molar refractivity (Wildman–Crippen MR) is 62.2 cm³/mol. The number of carboxylic acid groups (broad SMARTS) is 1. The van der Waals surface area contributed by atoms with E-state index in [0.717, 1.165) is 0 Å². The molecule has 7 nitrogen and oxygen atoms in total. The van der Waals surface area contributed by atoms with Crippen LogP contribution in [0, 0.1) is 18.3 Å². The third kappa shape index (κ3) is 1.99. The Morgan fingerprint density at radius 2 is 2.28 bits per heavy atom. The van der Waals surface area contributed by atoms with Gasteiger partial charge in [0.05, 0.1) is 23.5 Å². The summed E-state index contributed by atoms with van der Waals surface area (Å²) in [4.78, 5) is 15.0. The molecule has 2 heterocycles. The van der Waals surface area contributed by atoms with Crippen LogP contribution < -0.4 is 5.73 Å². The fourth-order valence-electron chi connectivity index (χ4n) is 1.50. The number of anilines is 1. The molecule has 2 aromatic rings. The summed E-state index contributed by atoms with van der Waals surface area (Å²) in [6, 6.07) is 5.12. The Hall–Kier alpha value is -2.88. The molecule has 7 heteroatoms. The van der Waals surface area contributed by atoms with Crippen molar-refractivity contribution in [2.24, 2.45) is 0 Å². The molecule has 0 saturated carbocycles. The number of aromatic nitrogens is 3. The fraction of sp³-hybridized carbons (Fsp3) is 0.0909. The molecule has 0 bridgehead atoms. The lowest BCUT2D eigenvalue weighted by Gasteiger charge is -2.02. The second-order valence-electron chi connectivity index (χ2n) is 3.65. The average molecular weight is 243 g/mol. The van der Waals surface area contributed by atoms with Gasteiger partial charge in [-0.05, 0) is 13.0 Å². The van der Waals surface area contributed by atoms with E-state index in [-0.39, 0.29) is 11.4 Å². The summed E-state index contributed by atoms with van der Waals surface area (Å²) < 4.78 is 1.24. The first kappa shape index (κ1) is 11.6. The zero-order valence-electron chi connectivity index (χ0n) is 9.45. The fourth-order valence-corrected chi connectivity index (χ4v) is 1.50. The quantitative estimate of drug-likeness (QED) is 0.802. The van der Waals surface area contributed by atoms with Crippen LogP contribution in [-0.4, -0.2) is 25.8 Å². The number of hydrogen-bond acceptors (Lipinski definition) is 5. The summed E-state index contributed by atoms with van der Waals surface area (Å²) in [5, 5.41) is 21.5. The maximum Gasteiger partial charge on any atom is 0.358 e. The molecule has 2 aromatic heterocycles. The summed E-state index contributed by atoms with van der Waals surface area (Å²) in [7, 11) is 0. The maximum atomic E-state index is 10.8. The number of hydrogen-bond donors (Lipinski definition) is 2. The largest absolute Gasteiger partial charge is 0.476 e. The zero-order valence-corrected chi connectivity index (χ0v) is 9.45. The lowest BCUT2D eigenvalue weighted by atomic mass is 10.2. The number of carboxylic acids is 1. The van der Waals surface area contributed by atoms with Crippen molar-refractivity contribution in [3.8, 4) is 11.9 Å². The molecule has 0 atom stereocenters. The number of carbonyl (C=O) groups is 1. The highest BCUT2D eigenvalue weighted by atomic mass is 16.4. The van der Waals surface area contributed by atoms with Crippen LogP contribution in [0.3, 0.4) is 0 Å². The van der Waals surface area contributed by atoms with Crippen LogP contribution in [0.15, 0.2) is 18.3 Å². The van der Waals surface area contributed by atoms with Crippen molar-refractivity contribution in [1.82, 2.24) is 14.8 Å². The molecular weight excluding hydrogens is 234 g/mol. The molecular formula is C11H9N5O2. The van der Waals surface area contributed by atoms with Crippen LogP contribution in [0.2, 0.25) is 0 Å². The Bertz CT molecular complexity index is 669. The molecule has 0 aliphatic rings. The van der Waals surface area contributed by atoms with E-state index in [0.29, 0.717) is 17.1 Å². The van der Waals surface area contributed by atoms with Gasteiger partial charge in [-0.25, -0.2) is 14.5 Å². The van der Waals surface area contributed by atoms with E-state index >= 15 is 0 Å². The highest BCUT2D eigenvalue weighted by Gasteiger charge is 2.14. The summed E-state index contributed by atoms with van der Waals surface area (Å²) in [6.07, 6.45) is 1.35. The van der Waals surface area contributed by atoms with Crippen LogP contribution in [0.4, 0.5) is 5.69 Å². The summed E-state index contributed by atoms with van der Waals surface area (Å²) in [5.41, 5.74) is 6.39. The molecule has 2 rings (SSSR count). The summed E-state index contributed by atoms with van der Waals surface area (Å²) in [5.74, 6) is -0.856. The zero-order chi connectivity index (χ0) is 13.3. The third-order valence-corrected chi connectivity index (χ3v) is 2.25. The second-order valence-corrected chi connectivity index (χ2v) is 3.65. The molecule has 90 valence electrons. The Morgan fingerprint density at radius 3 is 2.83 bits per heavy atom. The minimum absolute atomic E-state index is 0.0457. The molecule has 0 radical (unpaired) electrons. The number of nitrogens with zero attached hydrogens (tertiary/aromatic N) is 4. The van der Waals surface area contributed by atoms with E-state index in [1.54, 1.807) is 13.0 Å². The number of aromatic carboxylic acids is 1. The molecule has 0 amide bonds. The maximum absolute atomic E-state index is 10.8. The molecule has 0 spiro atoms. The number of nitrogens with two attached hydrogens (primary N) is 1. The van der Waals surface area contributed by atoms with Gasteiger partial charge in [0.2, 0.25) is 0 Å². The lowest BCUT2D eigenvalue weighted by molar-refractivity contribution is 0.0691. The van der Waals surface area contributed by atoms with Crippen LogP contribution in [0.25, 0.3) is 5.82 Å². The molecule has 18 heavy (non-hydrogen) atoms. The minimum Gasteiger partial charge on any atom is -0.476 e. The smallest absolute Gasteiger partial charge is 0.358 e. The first-order valence-corrected chi connectivity index (χ1v) is 4.99. The van der Waals surface area contributed by atoms with Crippen LogP contribution in [0.1, 0.15) is 21.7 Å². The van der Waals surface area contributed by atoms with Gasteiger partial charge in [0.25, 0.3) is 0 Å². The van der Waals surface area contributed by atoms with Gasteiger partial charge in [0.1, 0.15) is 0 Å². The number of pyridine rings is 1. The molecule has 0 aliphatic carbocycles. The van der Waals surface area contributed by atoms with E-state index in [1.165, 1.54) is 16.9 Å². The van der Waals surface area contributed by atoms with E-state index in [1.807, 2.05) is 6.07 Å². The Labute approximate surface area is 102 Å². The average Bonchev–Trinajstić information content (AvgIpc) is 2.70. The van der Waals surface area contributed by atoms with Gasteiger partial charge in [-0.2, -0.15) is 10.4 Å². The summed E-state index contributed by atoms with van der Waals surface area (Å²) >= 11 is 0. The van der Waals surface area contributed by atoms with Gasteiger partial charge >= 0.3 is 5.97 Å². The van der Waals surface area contributed by atoms with Crippen molar-refractivity contribution >= 4 is 11.7 Å². The number of rotatable bonds is 2. The Morgan fingerprint density at radius 1 is 1.56 bits per heavy atom. The first-order chi connectivity index (χ1) is 8.51. The first-order valence-electron chi connectivity index (χ1n) is 4.99. The highest BCUT2D eigenvalue weighted by Crippen LogP contribution is 2.14. The van der Waals surface area contributed by atoms with Gasteiger partial charge in [-0.1, -0.05) is 0 Å². The third-order valence-electron chi connectivity index (χ3n) is 2.25. The van der Waals surface area contributed by atoms with Crippen LogP contribution in [-0.2, 0) is 0 Å². The van der Waals surface area contributed by atoms with Gasteiger partial charge in [-0.3, -0.25) is 0 Å². The number of aryl methyl sites for hydroxylation is 1. The Balaban J connectivity index is 2.56. The van der Waals surface area contributed by atoms with Gasteiger partial charge in [-0.15, -0.1) is 0 Å². The summed E-state index contributed by atoms with van der Waals surface area (Å²) in [6.45, 7) is 1.73. The minimum atomic E-state index is -1.21. The normalized spacial score (nSPS) is 10.0. The molecule has 0 saturated heterocycles. The lowest BCUT2D eigenvalue weighted by Crippen LogP contribution is -2.04. The van der Waals surface area contributed by atoms with Crippen LogP contribution >= 0.6 is 0 Å². The second kappa shape index (κ2) is 4.18.